The highest BCUT2D eigenvalue weighted by molar-refractivity contribution is 5.93. The average Bonchev–Trinajstić information content (AvgIpc) is 2.94. The van der Waals surface area contributed by atoms with Gasteiger partial charge in [-0.25, -0.2) is 9.78 Å². The molecule has 0 saturated carbocycles. The van der Waals surface area contributed by atoms with E-state index in [-0.39, 0.29) is 0 Å². The third kappa shape index (κ3) is 3.45. The number of rotatable bonds is 7. The van der Waals surface area contributed by atoms with Crippen molar-refractivity contribution in [2.75, 3.05) is 26.6 Å². The fourth-order valence-electron chi connectivity index (χ4n) is 2.49. The van der Waals surface area contributed by atoms with Crippen molar-refractivity contribution in [3.05, 3.63) is 35.3 Å². The minimum absolute atomic E-state index is 0.404. The molecule has 0 aliphatic carbocycles. The van der Waals surface area contributed by atoms with Crippen molar-refractivity contribution in [3.63, 3.8) is 0 Å². The Balaban J connectivity index is 2.28. The monoisotopic (exact) mass is 333 g/mol. The number of carbonyl (C=O) groups is 1. The number of ether oxygens (including phenoxy) is 3. The van der Waals surface area contributed by atoms with Gasteiger partial charge in [-0.2, -0.15) is 0 Å². The molecule has 1 aromatic heterocycles. The zero-order valence-electron chi connectivity index (χ0n) is 14.7. The standard InChI is InChI=1S/C17H23N3O4/c1-6-14-19-16(15(20(14)2)17(21)24-5)18-10-11-7-8-12(22-3)9-13(11)23-4/h7-9,18H,6,10H2,1-5H3. The van der Waals surface area contributed by atoms with Crippen molar-refractivity contribution in [1.82, 2.24) is 9.55 Å². The van der Waals surface area contributed by atoms with Crippen LogP contribution in [0.1, 0.15) is 28.8 Å². The summed E-state index contributed by atoms with van der Waals surface area (Å²) < 4.78 is 17.2. The molecule has 0 aliphatic heterocycles. The van der Waals surface area contributed by atoms with Crippen LogP contribution in [0.4, 0.5) is 5.82 Å². The number of carbonyl (C=O) groups excluding carboxylic acids is 1. The highest BCUT2D eigenvalue weighted by Crippen LogP contribution is 2.26. The Hall–Kier alpha value is -2.70. The molecule has 1 N–H and O–H groups in total. The number of aryl methyl sites for hydroxylation is 1. The van der Waals surface area contributed by atoms with E-state index in [1.165, 1.54) is 7.11 Å². The number of benzene rings is 1. The molecule has 7 heteroatoms. The lowest BCUT2D eigenvalue weighted by atomic mass is 10.2. The van der Waals surface area contributed by atoms with E-state index < -0.39 is 5.97 Å². The minimum Gasteiger partial charge on any atom is -0.497 e. The number of methoxy groups -OCH3 is 3. The molecule has 0 amide bonds. The van der Waals surface area contributed by atoms with Crippen molar-refractivity contribution < 1.29 is 19.0 Å². The second kappa shape index (κ2) is 7.72. The van der Waals surface area contributed by atoms with E-state index in [1.54, 1.807) is 25.8 Å². The summed E-state index contributed by atoms with van der Waals surface area (Å²) in [5, 5.41) is 3.20. The molecule has 7 nitrogen and oxygen atoms in total. The lowest BCUT2D eigenvalue weighted by Crippen LogP contribution is -2.12. The van der Waals surface area contributed by atoms with Crippen molar-refractivity contribution >= 4 is 11.8 Å². The van der Waals surface area contributed by atoms with Crippen LogP contribution < -0.4 is 14.8 Å². The molecular weight excluding hydrogens is 310 g/mol. The second-order valence-corrected chi connectivity index (χ2v) is 5.16. The number of nitrogens with one attached hydrogen (secondary N) is 1. The Morgan fingerprint density at radius 2 is 2.00 bits per heavy atom. The van der Waals surface area contributed by atoms with Gasteiger partial charge < -0.3 is 24.1 Å². The summed E-state index contributed by atoms with van der Waals surface area (Å²) in [7, 11) is 6.37. The predicted molar refractivity (Wildman–Crippen MR) is 90.8 cm³/mol. The number of anilines is 1. The molecule has 1 heterocycles. The first-order valence-corrected chi connectivity index (χ1v) is 7.64. The average molecular weight is 333 g/mol. The van der Waals surface area contributed by atoms with E-state index >= 15 is 0 Å². The molecule has 2 rings (SSSR count). The van der Waals surface area contributed by atoms with Crippen LogP contribution in [0.15, 0.2) is 18.2 Å². The Kier molecular flexibility index (Phi) is 5.68. The van der Waals surface area contributed by atoms with Crippen molar-refractivity contribution in [3.8, 4) is 11.5 Å². The first-order valence-electron chi connectivity index (χ1n) is 7.64. The Labute approximate surface area is 141 Å². The molecule has 0 atom stereocenters. The maximum Gasteiger partial charge on any atom is 0.358 e. The summed E-state index contributed by atoms with van der Waals surface area (Å²) in [6, 6.07) is 5.58. The zero-order chi connectivity index (χ0) is 17.7. The first-order chi connectivity index (χ1) is 11.5. The van der Waals surface area contributed by atoms with Gasteiger partial charge in [0.25, 0.3) is 0 Å². The number of imidazole rings is 1. The van der Waals surface area contributed by atoms with Gasteiger partial charge in [0.15, 0.2) is 11.5 Å². The summed E-state index contributed by atoms with van der Waals surface area (Å²) >= 11 is 0. The maximum atomic E-state index is 12.0. The van der Waals surface area contributed by atoms with Crippen LogP contribution in [-0.2, 0) is 24.8 Å². The fraction of sp³-hybridized carbons (Fsp3) is 0.412. The van der Waals surface area contributed by atoms with Crippen LogP contribution in [0, 0.1) is 0 Å². The van der Waals surface area contributed by atoms with Crippen LogP contribution in [0.5, 0.6) is 11.5 Å². The van der Waals surface area contributed by atoms with Crippen LogP contribution in [-0.4, -0.2) is 36.8 Å². The van der Waals surface area contributed by atoms with Crippen LogP contribution in [0.2, 0.25) is 0 Å². The van der Waals surface area contributed by atoms with Gasteiger partial charge in [0.2, 0.25) is 0 Å². The smallest absolute Gasteiger partial charge is 0.358 e. The predicted octanol–water partition coefficient (Wildman–Crippen LogP) is 2.40. The Bertz CT molecular complexity index is 725. The fourth-order valence-corrected chi connectivity index (χ4v) is 2.49. The molecule has 130 valence electrons. The topological polar surface area (TPSA) is 74.6 Å². The van der Waals surface area contributed by atoms with Crippen LogP contribution >= 0.6 is 0 Å². The number of aromatic nitrogens is 2. The quantitative estimate of drug-likeness (QED) is 0.784. The molecule has 0 fully saturated rings. The highest BCUT2D eigenvalue weighted by atomic mass is 16.5. The minimum atomic E-state index is -0.422. The SMILES string of the molecule is CCc1nc(NCc2ccc(OC)cc2OC)c(C(=O)OC)n1C. The summed E-state index contributed by atoms with van der Waals surface area (Å²) in [6.07, 6.45) is 0.716. The molecule has 0 radical (unpaired) electrons. The summed E-state index contributed by atoms with van der Waals surface area (Å²) in [5.41, 5.74) is 1.33. The molecule has 2 aromatic rings. The lowest BCUT2D eigenvalue weighted by Gasteiger charge is -2.11. The largest absolute Gasteiger partial charge is 0.497 e. The van der Waals surface area contributed by atoms with E-state index in [4.69, 9.17) is 14.2 Å². The third-order valence-electron chi connectivity index (χ3n) is 3.82. The third-order valence-corrected chi connectivity index (χ3v) is 3.82. The lowest BCUT2D eigenvalue weighted by molar-refractivity contribution is 0.0590. The van der Waals surface area contributed by atoms with Crippen molar-refractivity contribution in [1.29, 1.82) is 0 Å². The molecule has 0 spiro atoms. The van der Waals surface area contributed by atoms with Gasteiger partial charge in [-0.15, -0.1) is 0 Å². The maximum absolute atomic E-state index is 12.0. The molecular formula is C17H23N3O4. The van der Waals surface area contributed by atoms with Gasteiger partial charge in [-0.1, -0.05) is 6.92 Å². The van der Waals surface area contributed by atoms with E-state index in [0.29, 0.717) is 30.2 Å². The van der Waals surface area contributed by atoms with Gasteiger partial charge in [-0.05, 0) is 12.1 Å². The van der Waals surface area contributed by atoms with Gasteiger partial charge in [0.1, 0.15) is 17.3 Å². The van der Waals surface area contributed by atoms with E-state index in [1.807, 2.05) is 25.1 Å². The second-order valence-electron chi connectivity index (χ2n) is 5.16. The number of esters is 1. The normalized spacial score (nSPS) is 10.4. The van der Waals surface area contributed by atoms with Crippen LogP contribution in [0.3, 0.4) is 0 Å². The number of nitrogens with zero attached hydrogens (tertiary/aromatic N) is 2. The number of hydrogen-bond acceptors (Lipinski definition) is 6. The summed E-state index contributed by atoms with van der Waals surface area (Å²) in [4.78, 5) is 16.5. The van der Waals surface area contributed by atoms with Crippen molar-refractivity contribution in [2.24, 2.45) is 7.05 Å². The molecule has 0 bridgehead atoms. The highest BCUT2D eigenvalue weighted by Gasteiger charge is 2.21. The Morgan fingerprint density at radius 3 is 2.58 bits per heavy atom. The summed E-state index contributed by atoms with van der Waals surface area (Å²) in [6.45, 7) is 2.44. The Morgan fingerprint density at radius 1 is 1.25 bits per heavy atom. The van der Waals surface area contributed by atoms with E-state index in [2.05, 4.69) is 10.3 Å². The number of hydrogen-bond donors (Lipinski definition) is 1. The molecule has 1 aromatic carbocycles. The summed E-state index contributed by atoms with van der Waals surface area (Å²) in [5.74, 6) is 2.30. The van der Waals surface area contributed by atoms with Crippen molar-refractivity contribution in [2.45, 2.75) is 19.9 Å². The molecule has 0 saturated heterocycles. The van der Waals surface area contributed by atoms with Crippen LogP contribution in [0.25, 0.3) is 0 Å². The zero-order valence-corrected chi connectivity index (χ0v) is 14.7. The van der Waals surface area contributed by atoms with E-state index in [0.717, 1.165) is 17.1 Å². The molecule has 0 unspecified atom stereocenters. The van der Waals surface area contributed by atoms with Gasteiger partial charge in [-0.3, -0.25) is 0 Å². The first kappa shape index (κ1) is 17.7. The van der Waals surface area contributed by atoms with E-state index in [9.17, 15) is 4.79 Å². The molecule has 0 aliphatic rings. The van der Waals surface area contributed by atoms with Gasteiger partial charge in [0, 0.05) is 31.6 Å². The van der Waals surface area contributed by atoms with Gasteiger partial charge in [0.05, 0.1) is 21.3 Å². The molecule has 24 heavy (non-hydrogen) atoms. The van der Waals surface area contributed by atoms with Gasteiger partial charge >= 0.3 is 5.97 Å².